The van der Waals surface area contributed by atoms with Gasteiger partial charge in [0.15, 0.2) is 0 Å². The average Bonchev–Trinajstić information content (AvgIpc) is 2.25. The summed E-state index contributed by atoms with van der Waals surface area (Å²) in [6.45, 7) is 7.51. The maximum atomic E-state index is 5.87. The molecule has 1 aromatic carbocycles. The molecule has 0 heterocycles. The first-order valence-electron chi connectivity index (χ1n) is 5.34. The molecule has 1 nitrogen and oxygen atoms in total. The predicted molar refractivity (Wildman–Crippen MR) is 65.2 cm³/mol. The molecule has 0 spiro atoms. The first kappa shape index (κ1) is 12.1. The van der Waals surface area contributed by atoms with Crippen LogP contribution in [0.25, 0.3) is 0 Å². The first-order valence-corrected chi connectivity index (χ1v) is 5.72. The highest BCUT2D eigenvalue weighted by Gasteiger charge is 1.96. The maximum Gasteiger partial charge on any atom is 0.139 e. The number of hydrogen-bond acceptors (Lipinski definition) is 0. The lowest BCUT2D eigenvalue weighted by atomic mass is 10.2. The fraction of sp³-hybridized carbons (Fsp3) is 0.385. The molecular weight excluding hydrogens is 206 g/mol. The highest BCUT2D eigenvalue weighted by Crippen LogP contribution is 2.08. The summed E-state index contributed by atoms with van der Waals surface area (Å²) >= 11 is 5.87. The van der Waals surface area contributed by atoms with E-state index in [1.807, 2.05) is 24.3 Å². The van der Waals surface area contributed by atoms with E-state index < -0.39 is 0 Å². The summed E-state index contributed by atoms with van der Waals surface area (Å²) < 4.78 is 0. The van der Waals surface area contributed by atoms with Crippen LogP contribution in [0.1, 0.15) is 19.4 Å². The molecule has 0 amide bonds. The van der Waals surface area contributed by atoms with Gasteiger partial charge in [-0.3, -0.25) is 0 Å². The Morgan fingerprint density at radius 2 is 2.00 bits per heavy atom. The van der Waals surface area contributed by atoms with Crippen molar-refractivity contribution in [2.45, 2.75) is 13.8 Å². The number of halogens is 1. The molecule has 0 aliphatic carbocycles. The van der Waals surface area contributed by atoms with Crippen LogP contribution in [-0.2, 0) is 0 Å². The van der Waals surface area contributed by atoms with Crippen molar-refractivity contribution in [1.82, 2.24) is 0 Å². The summed E-state index contributed by atoms with van der Waals surface area (Å²) in [7, 11) is 0. The molecule has 1 N–H and O–H groups in total. The molecule has 0 atom stereocenters. The fourth-order valence-corrected chi connectivity index (χ4v) is 1.53. The normalized spacial score (nSPS) is 9.87. The Kier molecular flexibility index (Phi) is 5.25. The fourth-order valence-electron chi connectivity index (χ4n) is 1.34. The Hall–Kier alpha value is -0.970. The third-order valence-corrected chi connectivity index (χ3v) is 2.63. The zero-order valence-electron chi connectivity index (χ0n) is 9.31. The molecule has 0 fully saturated rings. The van der Waals surface area contributed by atoms with E-state index in [0.29, 0.717) is 0 Å². The molecule has 0 saturated carbocycles. The second-order valence-electron chi connectivity index (χ2n) is 3.45. The smallest absolute Gasteiger partial charge is 0.139 e. The summed E-state index contributed by atoms with van der Waals surface area (Å²) in [6.07, 6.45) is 0. The summed E-state index contributed by atoms with van der Waals surface area (Å²) in [5.41, 5.74) is 0.994. The Morgan fingerprint density at radius 1 is 1.27 bits per heavy atom. The lowest BCUT2D eigenvalue weighted by molar-refractivity contribution is -0.889. The minimum atomic E-state index is 0.747. The number of hydrogen-bond donors (Lipinski definition) is 1. The lowest BCUT2D eigenvalue weighted by Crippen LogP contribution is -3.11. The summed E-state index contributed by atoms with van der Waals surface area (Å²) in [4.78, 5) is 1.50. The SMILES string of the molecule is CC[NH+](CC)CC#Cc1cccc(Cl)c1. The van der Waals surface area contributed by atoms with Crippen molar-refractivity contribution in [2.24, 2.45) is 0 Å². The van der Waals surface area contributed by atoms with Crippen LogP contribution in [0, 0.1) is 11.8 Å². The van der Waals surface area contributed by atoms with Gasteiger partial charge in [0.2, 0.25) is 0 Å². The molecular formula is C13H17ClN+. The minimum absolute atomic E-state index is 0.747. The highest BCUT2D eigenvalue weighted by molar-refractivity contribution is 6.30. The van der Waals surface area contributed by atoms with Crippen LogP contribution in [0.2, 0.25) is 5.02 Å². The van der Waals surface area contributed by atoms with E-state index in [4.69, 9.17) is 11.6 Å². The Labute approximate surface area is 97.0 Å². The Morgan fingerprint density at radius 3 is 2.60 bits per heavy atom. The lowest BCUT2D eigenvalue weighted by Gasteiger charge is -2.10. The van der Waals surface area contributed by atoms with E-state index in [9.17, 15) is 0 Å². The third-order valence-electron chi connectivity index (χ3n) is 2.40. The van der Waals surface area contributed by atoms with Crippen molar-refractivity contribution < 1.29 is 4.90 Å². The van der Waals surface area contributed by atoms with Crippen molar-refractivity contribution in [3.8, 4) is 11.8 Å². The molecule has 0 unspecified atom stereocenters. The third kappa shape index (κ3) is 4.38. The van der Waals surface area contributed by atoms with Gasteiger partial charge in [-0.25, -0.2) is 0 Å². The summed E-state index contributed by atoms with van der Waals surface area (Å²) in [5.74, 6) is 6.31. The monoisotopic (exact) mass is 222 g/mol. The minimum Gasteiger partial charge on any atom is -0.325 e. The standard InChI is InChI=1S/C13H16ClN/c1-3-15(4-2)10-6-8-12-7-5-9-13(14)11-12/h5,7,9,11H,3-4,10H2,1-2H3/p+1. The zero-order valence-corrected chi connectivity index (χ0v) is 10.1. The van der Waals surface area contributed by atoms with Crippen molar-refractivity contribution in [3.63, 3.8) is 0 Å². The Balaban J connectivity index is 2.58. The largest absolute Gasteiger partial charge is 0.325 e. The molecule has 0 saturated heterocycles. The van der Waals surface area contributed by atoms with Gasteiger partial charge in [-0.1, -0.05) is 23.6 Å². The molecule has 0 aromatic heterocycles. The quantitative estimate of drug-likeness (QED) is 0.742. The van der Waals surface area contributed by atoms with Crippen molar-refractivity contribution in [1.29, 1.82) is 0 Å². The maximum absolute atomic E-state index is 5.87. The second kappa shape index (κ2) is 6.50. The van der Waals surface area contributed by atoms with E-state index in [2.05, 4.69) is 25.7 Å². The van der Waals surface area contributed by atoms with Crippen LogP contribution in [0.5, 0.6) is 0 Å². The molecule has 80 valence electrons. The van der Waals surface area contributed by atoms with Crippen LogP contribution in [0.4, 0.5) is 0 Å². The van der Waals surface area contributed by atoms with Gasteiger partial charge in [-0.2, -0.15) is 0 Å². The molecule has 0 aliphatic heterocycles. The van der Waals surface area contributed by atoms with E-state index in [0.717, 1.165) is 30.2 Å². The molecule has 0 radical (unpaired) electrons. The number of nitrogens with one attached hydrogen (secondary N) is 1. The number of benzene rings is 1. The Bertz CT molecular complexity index is 358. The second-order valence-corrected chi connectivity index (χ2v) is 3.88. The van der Waals surface area contributed by atoms with E-state index in [1.54, 1.807) is 0 Å². The van der Waals surface area contributed by atoms with Crippen LogP contribution in [0.15, 0.2) is 24.3 Å². The summed E-state index contributed by atoms with van der Waals surface area (Å²) in [5, 5.41) is 0.747. The molecule has 1 aromatic rings. The van der Waals surface area contributed by atoms with E-state index in [-0.39, 0.29) is 0 Å². The van der Waals surface area contributed by atoms with Crippen molar-refractivity contribution >= 4 is 11.6 Å². The first-order chi connectivity index (χ1) is 7.26. The van der Waals surface area contributed by atoms with Gasteiger partial charge in [0, 0.05) is 10.6 Å². The van der Waals surface area contributed by atoms with Crippen LogP contribution < -0.4 is 4.90 Å². The molecule has 0 aliphatic rings. The molecule has 1 rings (SSSR count). The van der Waals surface area contributed by atoms with Gasteiger partial charge in [0.05, 0.1) is 13.1 Å². The topological polar surface area (TPSA) is 4.44 Å². The van der Waals surface area contributed by atoms with Crippen LogP contribution in [-0.4, -0.2) is 19.6 Å². The van der Waals surface area contributed by atoms with Crippen molar-refractivity contribution in [3.05, 3.63) is 34.9 Å². The van der Waals surface area contributed by atoms with Crippen LogP contribution in [0.3, 0.4) is 0 Å². The molecule has 15 heavy (non-hydrogen) atoms. The van der Waals surface area contributed by atoms with E-state index in [1.165, 1.54) is 4.90 Å². The predicted octanol–water partition coefficient (Wildman–Crippen LogP) is 1.62. The van der Waals surface area contributed by atoms with Crippen molar-refractivity contribution in [2.75, 3.05) is 19.6 Å². The van der Waals surface area contributed by atoms with Gasteiger partial charge in [-0.15, -0.1) is 0 Å². The number of quaternary nitrogens is 1. The van der Waals surface area contributed by atoms with Gasteiger partial charge in [0.25, 0.3) is 0 Å². The average molecular weight is 223 g/mol. The van der Waals surface area contributed by atoms with Gasteiger partial charge < -0.3 is 4.90 Å². The van der Waals surface area contributed by atoms with Gasteiger partial charge in [0.1, 0.15) is 6.54 Å². The summed E-state index contributed by atoms with van der Waals surface area (Å²) in [6, 6.07) is 7.67. The zero-order chi connectivity index (χ0) is 11.1. The van der Waals surface area contributed by atoms with Gasteiger partial charge in [-0.05, 0) is 38.0 Å². The van der Waals surface area contributed by atoms with Gasteiger partial charge >= 0.3 is 0 Å². The number of rotatable bonds is 3. The highest BCUT2D eigenvalue weighted by atomic mass is 35.5. The molecule has 2 heteroatoms. The van der Waals surface area contributed by atoms with E-state index >= 15 is 0 Å². The van der Waals surface area contributed by atoms with Crippen LogP contribution >= 0.6 is 11.6 Å². The molecule has 0 bridgehead atoms.